The van der Waals surface area contributed by atoms with Crippen molar-refractivity contribution in [2.45, 2.75) is 57.1 Å². The highest BCUT2D eigenvalue weighted by molar-refractivity contribution is 5.80. The van der Waals surface area contributed by atoms with Gasteiger partial charge in [0, 0.05) is 36.9 Å². The maximum Gasteiger partial charge on any atom is 0.241 e. The third-order valence-electron chi connectivity index (χ3n) is 5.86. The second kappa shape index (κ2) is 8.59. The molecule has 2 aliphatic rings. The van der Waals surface area contributed by atoms with Crippen molar-refractivity contribution in [1.82, 2.24) is 19.9 Å². The molecular formula is C21H31N5O2. The number of hydrogen-bond donors (Lipinski definition) is 3. The molecule has 152 valence electrons. The highest BCUT2D eigenvalue weighted by Gasteiger charge is 2.26. The van der Waals surface area contributed by atoms with Crippen molar-refractivity contribution in [1.29, 1.82) is 0 Å². The van der Waals surface area contributed by atoms with Crippen LogP contribution in [0.3, 0.4) is 0 Å². The van der Waals surface area contributed by atoms with E-state index in [4.69, 9.17) is 9.84 Å². The van der Waals surface area contributed by atoms with Gasteiger partial charge in [-0.2, -0.15) is 0 Å². The normalized spacial score (nSPS) is 24.2. The maximum absolute atomic E-state index is 9.92. The standard InChI is InChI=1S/C21H31N5O2/c1-14(13-28-2)24-21-23-12-20-18(15-7-9-22-10-8-15)11-19(26(20)25-21)16-3-5-17(27)6-4-16/h7,11-12,14,16-17,22,27H,3-6,8-10,13H2,1-2H3,(H,24,25)/t14-,16?,17?/m0/s1. The Morgan fingerprint density at radius 3 is 2.89 bits per heavy atom. The highest BCUT2D eigenvalue weighted by atomic mass is 16.5. The van der Waals surface area contributed by atoms with Crippen molar-refractivity contribution in [2.24, 2.45) is 0 Å². The number of methoxy groups -OCH3 is 1. The van der Waals surface area contributed by atoms with Crippen LogP contribution in [0.4, 0.5) is 5.95 Å². The summed E-state index contributed by atoms with van der Waals surface area (Å²) in [6.07, 6.45) is 8.81. The van der Waals surface area contributed by atoms with Crippen LogP contribution >= 0.6 is 0 Å². The van der Waals surface area contributed by atoms with Crippen molar-refractivity contribution in [3.05, 3.63) is 29.6 Å². The number of aliphatic hydroxyl groups excluding tert-OH is 1. The SMILES string of the molecule is COC[C@H](C)Nc1ncc2c(C3=CCNCC3)cc(C3CCC(O)CC3)n2n1. The smallest absolute Gasteiger partial charge is 0.241 e. The van der Waals surface area contributed by atoms with Gasteiger partial charge in [0.25, 0.3) is 0 Å². The summed E-state index contributed by atoms with van der Waals surface area (Å²) >= 11 is 0. The minimum atomic E-state index is -0.157. The van der Waals surface area contributed by atoms with Crippen molar-refractivity contribution < 1.29 is 9.84 Å². The number of nitrogens with zero attached hydrogens (tertiary/aromatic N) is 3. The fraction of sp³-hybridized carbons (Fsp3) is 0.619. The molecule has 0 radical (unpaired) electrons. The molecule has 2 aromatic heterocycles. The Balaban J connectivity index is 1.72. The van der Waals surface area contributed by atoms with Crippen LogP contribution in [0.2, 0.25) is 0 Å². The average Bonchev–Trinajstić information content (AvgIpc) is 3.08. The van der Waals surface area contributed by atoms with E-state index in [0.29, 0.717) is 18.5 Å². The molecule has 3 N–H and O–H groups in total. The van der Waals surface area contributed by atoms with Crippen LogP contribution in [0.15, 0.2) is 18.3 Å². The first-order chi connectivity index (χ1) is 13.7. The zero-order valence-corrected chi connectivity index (χ0v) is 16.8. The van der Waals surface area contributed by atoms with E-state index >= 15 is 0 Å². The van der Waals surface area contributed by atoms with Gasteiger partial charge >= 0.3 is 0 Å². The molecule has 1 atom stereocenters. The summed E-state index contributed by atoms with van der Waals surface area (Å²) in [4.78, 5) is 4.57. The van der Waals surface area contributed by atoms with E-state index in [9.17, 15) is 5.11 Å². The van der Waals surface area contributed by atoms with Gasteiger partial charge in [-0.3, -0.25) is 0 Å². The molecule has 0 spiro atoms. The maximum atomic E-state index is 9.92. The Morgan fingerprint density at radius 1 is 1.36 bits per heavy atom. The summed E-state index contributed by atoms with van der Waals surface area (Å²) in [5.41, 5.74) is 4.93. The molecule has 7 heteroatoms. The van der Waals surface area contributed by atoms with Gasteiger partial charge < -0.3 is 20.5 Å². The lowest BCUT2D eigenvalue weighted by Crippen LogP contribution is -2.23. The predicted octanol–water partition coefficient (Wildman–Crippen LogP) is 2.57. The van der Waals surface area contributed by atoms with E-state index in [1.54, 1.807) is 7.11 Å². The van der Waals surface area contributed by atoms with Crippen molar-refractivity contribution >= 4 is 17.0 Å². The lowest BCUT2D eigenvalue weighted by atomic mass is 9.85. The van der Waals surface area contributed by atoms with Crippen LogP contribution in [0.5, 0.6) is 0 Å². The molecule has 0 unspecified atom stereocenters. The first-order valence-corrected chi connectivity index (χ1v) is 10.4. The van der Waals surface area contributed by atoms with E-state index in [1.165, 1.54) is 16.8 Å². The molecule has 2 aromatic rings. The molecule has 1 aliphatic heterocycles. The van der Waals surface area contributed by atoms with E-state index in [2.05, 4.69) is 39.2 Å². The molecule has 28 heavy (non-hydrogen) atoms. The number of nitrogens with one attached hydrogen (secondary N) is 2. The summed E-state index contributed by atoms with van der Waals surface area (Å²) in [6.45, 7) is 4.57. The number of ether oxygens (including phenoxy) is 1. The lowest BCUT2D eigenvalue weighted by molar-refractivity contribution is 0.121. The number of hydrogen-bond acceptors (Lipinski definition) is 6. The summed E-state index contributed by atoms with van der Waals surface area (Å²) in [6, 6.07) is 2.45. The third-order valence-corrected chi connectivity index (χ3v) is 5.86. The van der Waals surface area contributed by atoms with Crippen LogP contribution in [0, 0.1) is 0 Å². The van der Waals surface area contributed by atoms with Crippen LogP contribution in [-0.2, 0) is 4.74 Å². The van der Waals surface area contributed by atoms with Gasteiger partial charge in [-0.25, -0.2) is 9.50 Å². The minimum Gasteiger partial charge on any atom is -0.393 e. The second-order valence-corrected chi connectivity index (χ2v) is 8.05. The van der Waals surface area contributed by atoms with Gasteiger partial charge in [0.2, 0.25) is 5.95 Å². The summed E-state index contributed by atoms with van der Waals surface area (Å²) < 4.78 is 7.29. The van der Waals surface area contributed by atoms with E-state index in [0.717, 1.165) is 50.7 Å². The average molecular weight is 386 g/mol. The molecule has 1 fully saturated rings. The molecule has 7 nitrogen and oxygen atoms in total. The van der Waals surface area contributed by atoms with Gasteiger partial charge in [-0.05, 0) is 57.2 Å². The molecule has 1 saturated carbocycles. The number of rotatable bonds is 6. The highest BCUT2D eigenvalue weighted by Crippen LogP contribution is 2.37. The zero-order valence-electron chi connectivity index (χ0n) is 16.8. The summed E-state index contributed by atoms with van der Waals surface area (Å²) in [5.74, 6) is 1.04. The molecule has 3 heterocycles. The van der Waals surface area contributed by atoms with Crippen molar-refractivity contribution in [3.8, 4) is 0 Å². The Bertz CT molecular complexity index is 839. The number of aromatic nitrogens is 3. The molecular weight excluding hydrogens is 354 g/mol. The molecule has 0 bridgehead atoms. The first kappa shape index (κ1) is 19.4. The number of fused-ring (bicyclic) bond motifs is 1. The van der Waals surface area contributed by atoms with Crippen LogP contribution in [-0.4, -0.2) is 58.7 Å². The van der Waals surface area contributed by atoms with E-state index in [-0.39, 0.29) is 12.1 Å². The van der Waals surface area contributed by atoms with Crippen molar-refractivity contribution in [2.75, 3.05) is 32.1 Å². The second-order valence-electron chi connectivity index (χ2n) is 8.05. The lowest BCUT2D eigenvalue weighted by Gasteiger charge is -2.25. The summed E-state index contributed by atoms with van der Waals surface area (Å²) in [7, 11) is 1.70. The van der Waals surface area contributed by atoms with Crippen molar-refractivity contribution in [3.63, 3.8) is 0 Å². The monoisotopic (exact) mass is 385 g/mol. The Kier molecular flexibility index (Phi) is 5.94. The quantitative estimate of drug-likeness (QED) is 0.709. The fourth-order valence-electron chi connectivity index (χ4n) is 4.38. The first-order valence-electron chi connectivity index (χ1n) is 10.4. The molecule has 0 aromatic carbocycles. The Labute approximate surface area is 166 Å². The van der Waals surface area contributed by atoms with Crippen LogP contribution in [0.25, 0.3) is 11.1 Å². The van der Waals surface area contributed by atoms with Gasteiger partial charge in [0.05, 0.1) is 24.4 Å². The van der Waals surface area contributed by atoms with Gasteiger partial charge in [-0.1, -0.05) is 6.08 Å². The molecule has 4 rings (SSSR count). The van der Waals surface area contributed by atoms with Gasteiger partial charge in [0.15, 0.2) is 0 Å². The van der Waals surface area contributed by atoms with Gasteiger partial charge in [0.1, 0.15) is 0 Å². The topological polar surface area (TPSA) is 83.7 Å². The third kappa shape index (κ3) is 4.06. The molecule has 0 amide bonds. The fourth-order valence-corrected chi connectivity index (χ4v) is 4.38. The van der Waals surface area contributed by atoms with Crippen LogP contribution in [0.1, 0.15) is 56.2 Å². The van der Waals surface area contributed by atoms with Crippen LogP contribution < -0.4 is 10.6 Å². The Hall–Kier alpha value is -1.96. The predicted molar refractivity (Wildman–Crippen MR) is 111 cm³/mol. The molecule has 1 aliphatic carbocycles. The van der Waals surface area contributed by atoms with E-state index < -0.39 is 0 Å². The minimum absolute atomic E-state index is 0.137. The largest absolute Gasteiger partial charge is 0.393 e. The summed E-state index contributed by atoms with van der Waals surface area (Å²) in [5, 5.41) is 21.5. The Morgan fingerprint density at radius 2 is 2.18 bits per heavy atom. The number of anilines is 1. The zero-order chi connectivity index (χ0) is 19.5. The van der Waals surface area contributed by atoms with E-state index in [1.807, 2.05) is 6.20 Å². The van der Waals surface area contributed by atoms with Gasteiger partial charge in [-0.15, -0.1) is 5.10 Å². The number of aliphatic hydroxyl groups is 1. The molecule has 0 saturated heterocycles.